The third-order valence-electron chi connectivity index (χ3n) is 4.95. The van der Waals surface area contributed by atoms with Gasteiger partial charge in [-0.15, -0.1) is 0 Å². The Hall–Kier alpha value is -3.95. The first-order chi connectivity index (χ1) is 16.1. The van der Waals surface area contributed by atoms with E-state index in [2.05, 4.69) is 0 Å². The van der Waals surface area contributed by atoms with Crippen molar-refractivity contribution in [2.24, 2.45) is 5.92 Å². The summed E-state index contributed by atoms with van der Waals surface area (Å²) >= 11 is 0. The van der Waals surface area contributed by atoms with E-state index in [4.69, 9.17) is 9.29 Å². The fourth-order valence-corrected chi connectivity index (χ4v) is 3.71. The Morgan fingerprint density at radius 1 is 0.706 bits per heavy atom. The molecule has 0 bridgehead atoms. The van der Waals surface area contributed by atoms with Gasteiger partial charge in [0, 0.05) is 24.0 Å². The molecular formula is C25H20O8S. The van der Waals surface area contributed by atoms with Gasteiger partial charge in [-0.3, -0.25) is 18.9 Å². The maximum absolute atomic E-state index is 12.8. The van der Waals surface area contributed by atoms with Crippen LogP contribution in [-0.2, 0) is 19.6 Å². The Kier molecular flexibility index (Phi) is 7.83. The highest BCUT2D eigenvalue weighted by Gasteiger charge is 2.29. The van der Waals surface area contributed by atoms with Crippen molar-refractivity contribution in [1.82, 2.24) is 0 Å². The number of hydrogen-bond donors (Lipinski definition) is 1. The smallest absolute Gasteiger partial charge is 0.345 e. The largest absolute Gasteiger partial charge is 0.389 e. The van der Waals surface area contributed by atoms with Crippen molar-refractivity contribution in [2.75, 3.05) is 0 Å². The molecule has 0 radical (unpaired) electrons. The standard InChI is InChI=1S/C25H20O8S/c26-22(17-8-3-1-4-9-17)15-20(16-23(27)18-10-5-2-6-11-18)25(29)33-24(28)19-12-7-13-21(14-19)34(30,31)32/h1-14,20H,15-16H2,(H,30,31,32). The van der Waals surface area contributed by atoms with Gasteiger partial charge in [0.05, 0.1) is 16.4 Å². The van der Waals surface area contributed by atoms with Gasteiger partial charge in [-0.05, 0) is 18.2 Å². The van der Waals surface area contributed by atoms with Crippen LogP contribution in [0.4, 0.5) is 0 Å². The molecule has 0 aliphatic carbocycles. The topological polar surface area (TPSA) is 132 Å². The van der Waals surface area contributed by atoms with Crippen LogP contribution in [0.3, 0.4) is 0 Å². The Bertz CT molecular complexity index is 1260. The van der Waals surface area contributed by atoms with Gasteiger partial charge in [0.25, 0.3) is 10.1 Å². The lowest BCUT2D eigenvalue weighted by molar-refractivity contribution is -0.142. The van der Waals surface area contributed by atoms with E-state index in [0.29, 0.717) is 11.1 Å². The highest BCUT2D eigenvalue weighted by Crippen LogP contribution is 2.20. The summed E-state index contributed by atoms with van der Waals surface area (Å²) in [6.45, 7) is 0. The zero-order valence-corrected chi connectivity index (χ0v) is 18.6. The summed E-state index contributed by atoms with van der Waals surface area (Å²) < 4.78 is 36.7. The molecule has 0 heterocycles. The van der Waals surface area contributed by atoms with Crippen molar-refractivity contribution in [3.63, 3.8) is 0 Å². The SMILES string of the molecule is O=C(CC(CC(=O)c1ccccc1)C(=O)OC(=O)c1cccc(S(=O)(=O)O)c1)c1ccccc1. The molecule has 0 aliphatic rings. The number of benzene rings is 3. The maximum atomic E-state index is 12.8. The highest BCUT2D eigenvalue weighted by atomic mass is 32.2. The molecule has 0 amide bonds. The molecule has 9 heteroatoms. The van der Waals surface area contributed by atoms with Gasteiger partial charge in [0.2, 0.25) is 0 Å². The van der Waals surface area contributed by atoms with Crippen LogP contribution in [0.25, 0.3) is 0 Å². The van der Waals surface area contributed by atoms with E-state index in [0.717, 1.165) is 12.1 Å². The number of esters is 2. The molecule has 0 atom stereocenters. The molecule has 8 nitrogen and oxygen atoms in total. The van der Waals surface area contributed by atoms with Crippen LogP contribution in [0.2, 0.25) is 0 Å². The first kappa shape index (κ1) is 24.7. The van der Waals surface area contributed by atoms with E-state index in [1.807, 2.05) is 0 Å². The number of ether oxygens (including phenoxy) is 1. The van der Waals surface area contributed by atoms with E-state index in [-0.39, 0.29) is 18.4 Å². The Balaban J connectivity index is 1.81. The van der Waals surface area contributed by atoms with Crippen molar-refractivity contribution in [3.05, 3.63) is 102 Å². The summed E-state index contributed by atoms with van der Waals surface area (Å²) in [4.78, 5) is 50.1. The fraction of sp³-hybridized carbons (Fsp3) is 0.120. The van der Waals surface area contributed by atoms with Crippen LogP contribution in [-0.4, -0.2) is 36.5 Å². The predicted octanol–water partition coefficient (Wildman–Crippen LogP) is 3.78. The van der Waals surface area contributed by atoms with Gasteiger partial charge in [-0.1, -0.05) is 66.7 Å². The number of carbonyl (C=O) groups is 4. The van der Waals surface area contributed by atoms with Gasteiger partial charge in [0.1, 0.15) is 0 Å². The summed E-state index contributed by atoms with van der Waals surface area (Å²) in [5, 5.41) is 0. The lowest BCUT2D eigenvalue weighted by atomic mass is 9.91. The Morgan fingerprint density at radius 2 is 1.18 bits per heavy atom. The molecule has 3 aromatic rings. The zero-order valence-electron chi connectivity index (χ0n) is 17.8. The molecule has 3 aromatic carbocycles. The third-order valence-corrected chi connectivity index (χ3v) is 5.80. The minimum Gasteiger partial charge on any atom is -0.389 e. The third kappa shape index (κ3) is 6.53. The number of carbonyl (C=O) groups excluding carboxylic acids is 4. The number of hydrogen-bond acceptors (Lipinski definition) is 7. The van der Waals surface area contributed by atoms with E-state index >= 15 is 0 Å². The van der Waals surface area contributed by atoms with E-state index in [1.165, 1.54) is 12.1 Å². The molecule has 1 N–H and O–H groups in total. The van der Waals surface area contributed by atoms with Crippen molar-refractivity contribution >= 4 is 33.6 Å². The van der Waals surface area contributed by atoms with Gasteiger partial charge in [-0.25, -0.2) is 4.79 Å². The maximum Gasteiger partial charge on any atom is 0.345 e. The van der Waals surface area contributed by atoms with Gasteiger partial charge in [-0.2, -0.15) is 8.42 Å². The van der Waals surface area contributed by atoms with E-state index in [9.17, 15) is 27.6 Å². The van der Waals surface area contributed by atoms with Crippen molar-refractivity contribution < 1.29 is 36.9 Å². The molecule has 0 unspecified atom stereocenters. The van der Waals surface area contributed by atoms with Crippen molar-refractivity contribution in [1.29, 1.82) is 0 Å². The second-order valence-electron chi connectivity index (χ2n) is 7.40. The number of Topliss-reactive ketones (excluding diaryl/α,β-unsaturated/α-hetero) is 2. The van der Waals surface area contributed by atoms with E-state index < -0.39 is 44.4 Å². The molecule has 0 fully saturated rings. The molecule has 174 valence electrons. The van der Waals surface area contributed by atoms with Crippen LogP contribution >= 0.6 is 0 Å². The molecule has 34 heavy (non-hydrogen) atoms. The quantitative estimate of drug-likeness (QED) is 0.212. The zero-order chi connectivity index (χ0) is 24.7. The average molecular weight is 480 g/mol. The van der Waals surface area contributed by atoms with Crippen LogP contribution in [0.5, 0.6) is 0 Å². The lowest BCUT2D eigenvalue weighted by Gasteiger charge is -2.14. The van der Waals surface area contributed by atoms with Crippen LogP contribution < -0.4 is 0 Å². The predicted molar refractivity (Wildman–Crippen MR) is 121 cm³/mol. The minimum atomic E-state index is -4.58. The van der Waals surface area contributed by atoms with E-state index in [1.54, 1.807) is 60.7 Å². The van der Waals surface area contributed by atoms with Gasteiger partial charge in [0.15, 0.2) is 11.6 Å². The van der Waals surface area contributed by atoms with Crippen molar-refractivity contribution in [2.45, 2.75) is 17.7 Å². The molecule has 0 aromatic heterocycles. The van der Waals surface area contributed by atoms with Crippen LogP contribution in [0.15, 0.2) is 89.8 Å². The first-order valence-electron chi connectivity index (χ1n) is 10.1. The van der Waals surface area contributed by atoms with Crippen molar-refractivity contribution in [3.8, 4) is 0 Å². The molecule has 3 rings (SSSR count). The highest BCUT2D eigenvalue weighted by molar-refractivity contribution is 7.85. The minimum absolute atomic E-state index is 0.300. The first-order valence-corrected chi connectivity index (χ1v) is 11.6. The second kappa shape index (κ2) is 10.8. The van der Waals surface area contributed by atoms with Gasteiger partial charge >= 0.3 is 11.9 Å². The second-order valence-corrected chi connectivity index (χ2v) is 8.82. The Morgan fingerprint density at radius 3 is 1.65 bits per heavy atom. The molecule has 0 saturated heterocycles. The summed E-state index contributed by atoms with van der Waals surface area (Å²) in [5.41, 5.74) is 0.366. The summed E-state index contributed by atoms with van der Waals surface area (Å²) in [6, 6.07) is 20.6. The molecular weight excluding hydrogens is 460 g/mol. The summed E-state index contributed by atoms with van der Waals surface area (Å²) in [6.07, 6.45) is -0.750. The fourth-order valence-electron chi connectivity index (χ4n) is 3.19. The van der Waals surface area contributed by atoms with Crippen LogP contribution in [0, 0.1) is 5.92 Å². The average Bonchev–Trinajstić information content (AvgIpc) is 2.84. The lowest BCUT2D eigenvalue weighted by Crippen LogP contribution is -2.26. The normalized spacial score (nSPS) is 11.1. The number of rotatable bonds is 9. The molecule has 0 spiro atoms. The monoisotopic (exact) mass is 480 g/mol. The van der Waals surface area contributed by atoms with Gasteiger partial charge < -0.3 is 4.74 Å². The molecule has 0 saturated carbocycles. The van der Waals surface area contributed by atoms with Crippen LogP contribution in [0.1, 0.15) is 43.9 Å². The summed E-state index contributed by atoms with van der Waals surface area (Å²) in [7, 11) is -4.58. The summed E-state index contributed by atoms with van der Waals surface area (Å²) in [5.74, 6) is -4.36. The Labute approximate surface area is 195 Å². The number of ketones is 2. The molecule has 0 aliphatic heterocycles.